The van der Waals surface area contributed by atoms with Gasteiger partial charge in [-0.25, -0.2) is 15.0 Å². The van der Waals surface area contributed by atoms with Gasteiger partial charge in [0, 0.05) is 61.5 Å². The van der Waals surface area contributed by atoms with Crippen LogP contribution < -0.4 is 42.3 Å². The first-order chi connectivity index (χ1) is 42.7. The first kappa shape index (κ1) is 65.4. The summed E-state index contributed by atoms with van der Waals surface area (Å²) in [4.78, 5) is 14.7. The number of hydrogen-bond donors (Lipinski definition) is 2. The molecule has 87 heavy (non-hydrogen) atoms. The Labute approximate surface area is 541 Å². The quantitative estimate of drug-likeness (QED) is 0.0298. The molecule has 0 spiro atoms. The minimum absolute atomic E-state index is 0.106. The minimum Gasteiger partial charge on any atom is -0.0622 e. The number of aryl methyl sites for hydroxylation is 1. The van der Waals surface area contributed by atoms with Crippen LogP contribution in [0.25, 0.3) is 33.2 Å². The molecule has 0 amide bonds. The number of hydrogen-bond acceptors (Lipinski definition) is 11. The fourth-order valence-electron chi connectivity index (χ4n) is 8.47. The Hall–Kier alpha value is -7.61. The molecule has 0 aliphatic rings. The van der Waals surface area contributed by atoms with E-state index in [4.69, 9.17) is 53.4 Å². The van der Waals surface area contributed by atoms with Gasteiger partial charge >= 0.3 is 42.1 Å². The van der Waals surface area contributed by atoms with E-state index in [0.29, 0.717) is 22.2 Å². The number of fused-ring (bicyclic) bond motifs is 2. The summed E-state index contributed by atoms with van der Waals surface area (Å²) in [5.74, 6) is 0. The van der Waals surface area contributed by atoms with Gasteiger partial charge in [0.15, 0.2) is 5.65 Å². The van der Waals surface area contributed by atoms with Crippen LogP contribution in [0, 0.1) is 26.2 Å². The number of halogens is 3. The van der Waals surface area contributed by atoms with Crippen LogP contribution in [-0.2, 0) is 27.3 Å². The maximum atomic E-state index is 8.91. The van der Waals surface area contributed by atoms with E-state index in [-0.39, 0.29) is 15.9 Å². The second kappa shape index (κ2) is 35.3. The average Bonchev–Trinajstić information content (AvgIpc) is 2.71. The molecule has 13 aromatic rings. The van der Waals surface area contributed by atoms with Gasteiger partial charge in [-0.05, 0) is 107 Å². The van der Waals surface area contributed by atoms with Gasteiger partial charge in [-0.1, -0.05) is 205 Å². The predicted octanol–water partition coefficient (Wildman–Crippen LogP) is 13.5. The third kappa shape index (κ3) is 19.2. The fourth-order valence-corrected chi connectivity index (χ4v) is 14.2. The van der Waals surface area contributed by atoms with E-state index < -0.39 is 23.0 Å². The zero-order valence-electron chi connectivity index (χ0n) is 46.2. The van der Waals surface area contributed by atoms with Crippen molar-refractivity contribution in [3.05, 3.63) is 301 Å². The molecule has 7 aromatic carbocycles. The van der Waals surface area contributed by atoms with Gasteiger partial charge in [-0.2, -0.15) is 10.5 Å². The van der Waals surface area contributed by atoms with E-state index in [9.17, 15) is 0 Å². The van der Waals surface area contributed by atoms with E-state index in [1.807, 2.05) is 60.3 Å². The Kier molecular flexibility index (Phi) is 26.5. The van der Waals surface area contributed by atoms with Crippen molar-refractivity contribution in [2.24, 2.45) is 7.05 Å². The van der Waals surface area contributed by atoms with Crippen molar-refractivity contribution in [1.29, 1.82) is 10.5 Å². The second-order valence-corrected chi connectivity index (χ2v) is 26.8. The summed E-state index contributed by atoms with van der Waals surface area (Å²) in [6, 6.07) is 85.5. The Bertz CT molecular complexity index is 3880. The Morgan fingerprint density at radius 1 is 0.552 bits per heavy atom. The maximum Gasteiger partial charge on any atom is -0.0134 e. The molecule has 2 N–H and O–H groups in total. The summed E-state index contributed by atoms with van der Waals surface area (Å²) in [5, 5.41) is 44.8. The molecule has 6 heterocycles. The van der Waals surface area contributed by atoms with Crippen molar-refractivity contribution >= 4 is 136 Å². The molecule has 12 nitrogen and oxygen atoms in total. The summed E-state index contributed by atoms with van der Waals surface area (Å²) in [7, 11) is 9.26. The number of rotatable bonds is 12. The van der Waals surface area contributed by atoms with Crippen molar-refractivity contribution < 1.29 is 44.1 Å². The molecule has 0 radical (unpaired) electrons. The molecule has 13 rings (SSSR count). The largest absolute Gasteiger partial charge is 0.0622 e. The van der Waals surface area contributed by atoms with Crippen LogP contribution in [0.15, 0.2) is 300 Å². The number of nitrogens with zero attached hydrogens (tertiary/aromatic N) is 6. The molecule has 0 atom stereocenters. The van der Waals surface area contributed by atoms with E-state index in [1.165, 1.54) is 61.3 Å². The molecule has 0 bridgehead atoms. The molecular weight excluding hydrogens is 1390 g/mol. The van der Waals surface area contributed by atoms with Gasteiger partial charge < -0.3 is 23.4 Å². The predicted molar refractivity (Wildman–Crippen MR) is 361 cm³/mol. The SMILES string of the molecule is Cn1cc(-c2ccoc2)c2cc(C#N)cnc21.N#Cc1cnc2c(c1)c(I)cn2OOSc1ccccc1.OB(O)c1ccoc1.[Cl][Pd][Cl].c1ccc(P(c2ccccc2)c2ccccc2)cc1.c1ccc(P(c2ccccc2)c2ccccc2)cc1. The number of benzene rings is 7. The Balaban J connectivity index is 0.000000142. The summed E-state index contributed by atoms with van der Waals surface area (Å²) >= 11 is 3.17. The van der Waals surface area contributed by atoms with Crippen LogP contribution in [-0.4, -0.2) is 36.4 Å². The normalized spacial score (nSPS) is 10.3. The Morgan fingerprint density at radius 2 is 0.943 bits per heavy atom. The van der Waals surface area contributed by atoms with E-state index in [1.54, 1.807) is 31.0 Å². The van der Waals surface area contributed by atoms with Crippen LogP contribution in [0.3, 0.4) is 0 Å². The van der Waals surface area contributed by atoms with Gasteiger partial charge in [0.05, 0.1) is 54.4 Å². The molecule has 6 aromatic heterocycles. The first-order valence-electron chi connectivity index (χ1n) is 26.3. The molecule has 0 fully saturated rings. The summed E-state index contributed by atoms with van der Waals surface area (Å²) in [6.45, 7) is 0. The summed E-state index contributed by atoms with van der Waals surface area (Å²) in [5.41, 5.74) is 4.94. The third-order valence-electron chi connectivity index (χ3n) is 12.4. The van der Waals surface area contributed by atoms with Crippen LogP contribution in [0.1, 0.15) is 11.1 Å². The van der Waals surface area contributed by atoms with Gasteiger partial charge in [0.1, 0.15) is 17.8 Å². The van der Waals surface area contributed by atoms with Crippen LogP contribution in [0.2, 0.25) is 0 Å². The van der Waals surface area contributed by atoms with Crippen molar-refractivity contribution in [3.8, 4) is 23.3 Å². The molecule has 20 heteroatoms. The number of nitriles is 2. The molecule has 0 saturated heterocycles. The molecule has 0 aliphatic heterocycles. The number of pyridine rings is 2. The van der Waals surface area contributed by atoms with Gasteiger partial charge in [-0.3, -0.25) is 0 Å². The molecule has 0 aliphatic carbocycles. The van der Waals surface area contributed by atoms with E-state index in [0.717, 1.165) is 48.1 Å². The van der Waals surface area contributed by atoms with Gasteiger partial charge in [0.25, 0.3) is 0 Å². The maximum absolute atomic E-state index is 8.91. The third-order valence-corrected chi connectivity index (χ3v) is 18.7. The number of furan rings is 2. The smallest absolute Gasteiger partial charge is 0.0134 e. The van der Waals surface area contributed by atoms with E-state index in [2.05, 4.69) is 231 Å². The van der Waals surface area contributed by atoms with Crippen LogP contribution in [0.4, 0.5) is 0 Å². The molecular formula is C67H52BCl2IN6O6P2PdS. The second-order valence-electron chi connectivity index (χ2n) is 18.1. The van der Waals surface area contributed by atoms with E-state index >= 15 is 0 Å². The standard InChI is InChI=1S/2C18H15P.C14H8IN3O2S.C13H9N3O.C4H5BO3.2ClH.Pd/c2*1-4-10-16(11-5-1)19(17-12-6-2-7-13-17)18-14-8-3-9-15-18;15-13-9-18(14-12(13)6-10(7-16)8-17-14)19-20-21-11-4-2-1-3-5-11;1-16-7-12(10-2-3-17-8-10)11-4-9(5-14)6-15-13(11)16;6-5(7)4-1-2-8-3-4;;;/h2*1-15H;1-6,8-9H;2-4,6-8H,1H3;1-3,6-7H;2*1H;/q;;;;;;;+2/p-2. The zero-order valence-corrected chi connectivity index (χ0v) is 54.0. The van der Waals surface area contributed by atoms with Crippen molar-refractivity contribution in [1.82, 2.24) is 19.3 Å². The van der Waals surface area contributed by atoms with Gasteiger partial charge in [0.2, 0.25) is 0 Å². The number of aromatic nitrogens is 4. The van der Waals surface area contributed by atoms with Crippen molar-refractivity contribution in [2.75, 3.05) is 0 Å². The summed E-state index contributed by atoms with van der Waals surface area (Å²) < 4.78 is 19.1. The first-order valence-corrected chi connectivity index (χ1v) is 34.8. The van der Waals surface area contributed by atoms with Crippen molar-refractivity contribution in [3.63, 3.8) is 0 Å². The minimum atomic E-state index is -1.41. The fraction of sp³-hybridized carbons (Fsp3) is 0.0149. The van der Waals surface area contributed by atoms with Gasteiger partial charge in [-0.15, -0.1) is 4.73 Å². The van der Waals surface area contributed by atoms with Crippen LogP contribution in [0.5, 0.6) is 0 Å². The van der Waals surface area contributed by atoms with Crippen LogP contribution >= 0.6 is 69.5 Å². The zero-order chi connectivity index (χ0) is 61.0. The summed E-state index contributed by atoms with van der Waals surface area (Å²) in [6.07, 6.45) is 12.8. The Morgan fingerprint density at radius 3 is 1.31 bits per heavy atom. The monoisotopic (exact) mass is 1440 g/mol. The van der Waals surface area contributed by atoms with Crippen molar-refractivity contribution in [2.45, 2.75) is 4.90 Å². The average molecular weight is 1450 g/mol. The molecule has 0 saturated carbocycles. The molecule has 0 unspecified atom stereocenters. The topological polar surface area (TPSA) is 168 Å². The molecule has 436 valence electrons.